The van der Waals surface area contributed by atoms with Crippen LogP contribution >= 0.6 is 0 Å². The van der Waals surface area contributed by atoms with Gasteiger partial charge in [-0.05, 0) is 78.4 Å². The van der Waals surface area contributed by atoms with Crippen LogP contribution in [0.4, 0.5) is 21.0 Å². The van der Waals surface area contributed by atoms with Gasteiger partial charge in [-0.25, -0.2) is 9.59 Å². The molecule has 5 aromatic rings. The number of nitrogens with zero attached hydrogens (tertiary/aromatic N) is 2. The molecule has 2 aliphatic heterocycles. The van der Waals surface area contributed by atoms with Gasteiger partial charge in [-0.15, -0.1) is 0 Å². The van der Waals surface area contributed by atoms with Gasteiger partial charge in [-0.2, -0.15) is 0 Å². The molecule has 14 heteroatoms. The number of aromatic hydroxyl groups is 1. The number of rotatable bonds is 14. The summed E-state index contributed by atoms with van der Waals surface area (Å²) in [7, 11) is -0.635. The molecule has 0 saturated carbocycles. The maximum absolute atomic E-state index is 13.4. The zero-order valence-electron chi connectivity index (χ0n) is 36.6. The van der Waals surface area contributed by atoms with Crippen molar-refractivity contribution >= 4 is 42.8 Å². The molecular formula is C48H59N5O8Si. The SMILES string of the molecule is COc1cc2c(cc1CNCC(O[Si](C)(C)C(C)(C)C)c1ccc(O)c3[nH]c(=O)ccc13)CCN2C(=O)OCCN1CCC(OC(=O)Nc2ccccc2-c2ccccc2)CC1. The van der Waals surface area contributed by atoms with Crippen LogP contribution in [-0.2, 0) is 26.9 Å². The molecule has 1 atom stereocenters. The van der Waals surface area contributed by atoms with Crippen molar-refractivity contribution in [2.45, 2.75) is 76.9 Å². The molecular weight excluding hydrogens is 803 g/mol. The molecule has 328 valence electrons. The Labute approximate surface area is 364 Å². The summed E-state index contributed by atoms with van der Waals surface area (Å²) in [5.41, 5.74) is 6.40. The quantitative estimate of drug-likeness (QED) is 0.0796. The molecule has 1 fully saturated rings. The number of methoxy groups -OCH3 is 1. The van der Waals surface area contributed by atoms with Crippen molar-refractivity contribution in [3.05, 3.63) is 118 Å². The topological polar surface area (TPSA) is 155 Å². The Balaban J connectivity index is 0.907. The standard InChI is InChI=1S/C48H59N5O8Si/c1-48(2,3)62(5,6)61-43(37-16-18-41(54)45-38(37)17-19-44(55)51-45)31-49-30-34-28-33-20-25-53(40(33)29-42(34)58-4)47(57)59-27-26-52-23-21-35(22-24-52)60-46(56)50-39-15-11-10-14-36(39)32-12-8-7-9-13-32/h7-19,28-29,35,43,49,54H,20-27,30-31H2,1-6H3,(H,50,56)(H,51,55). The van der Waals surface area contributed by atoms with E-state index < -0.39 is 20.5 Å². The molecule has 1 unspecified atom stereocenters. The van der Waals surface area contributed by atoms with Gasteiger partial charge in [0.05, 0.1) is 30.1 Å². The molecule has 0 bridgehead atoms. The van der Waals surface area contributed by atoms with Crippen molar-refractivity contribution in [1.29, 1.82) is 0 Å². The van der Waals surface area contributed by atoms with Crippen LogP contribution in [-0.4, -0.2) is 88.0 Å². The first-order valence-electron chi connectivity index (χ1n) is 21.4. The summed E-state index contributed by atoms with van der Waals surface area (Å²) >= 11 is 0. The smallest absolute Gasteiger partial charge is 0.414 e. The van der Waals surface area contributed by atoms with Crippen LogP contribution < -0.4 is 25.8 Å². The Morgan fingerprint density at radius 3 is 2.44 bits per heavy atom. The van der Waals surface area contributed by atoms with E-state index in [0.29, 0.717) is 62.4 Å². The van der Waals surface area contributed by atoms with Gasteiger partial charge in [-0.1, -0.05) is 75.4 Å². The molecule has 2 aliphatic rings. The van der Waals surface area contributed by atoms with Crippen LogP contribution in [0.1, 0.15) is 56.4 Å². The minimum absolute atomic E-state index is 0.00823. The second-order valence-corrected chi connectivity index (χ2v) is 22.3. The minimum atomic E-state index is -2.26. The van der Waals surface area contributed by atoms with Gasteiger partial charge >= 0.3 is 12.2 Å². The number of hydrogen-bond acceptors (Lipinski definition) is 10. The summed E-state index contributed by atoms with van der Waals surface area (Å²) in [6, 6.07) is 28.3. The number of aromatic amines is 1. The van der Waals surface area contributed by atoms with Gasteiger partial charge < -0.3 is 34.0 Å². The van der Waals surface area contributed by atoms with Crippen molar-refractivity contribution in [2.75, 3.05) is 56.7 Å². The van der Waals surface area contributed by atoms with E-state index in [0.717, 1.165) is 52.0 Å². The first kappa shape index (κ1) is 44.4. The molecule has 4 aromatic carbocycles. The lowest BCUT2D eigenvalue weighted by atomic mass is 10.0. The third-order valence-corrected chi connectivity index (χ3v) is 16.9. The number of likely N-dealkylation sites (tertiary alicyclic amines) is 1. The van der Waals surface area contributed by atoms with Gasteiger partial charge in [0.2, 0.25) is 5.56 Å². The minimum Gasteiger partial charge on any atom is -0.506 e. The number of phenols is 1. The van der Waals surface area contributed by atoms with E-state index in [1.807, 2.05) is 66.7 Å². The second-order valence-electron chi connectivity index (χ2n) is 17.6. The predicted octanol–water partition coefficient (Wildman–Crippen LogP) is 8.97. The highest BCUT2D eigenvalue weighted by atomic mass is 28.4. The number of carbonyl (C=O) groups excluding carboxylic acids is 2. The number of para-hydroxylation sites is 1. The average Bonchev–Trinajstić information content (AvgIpc) is 3.67. The molecule has 1 saturated heterocycles. The molecule has 62 heavy (non-hydrogen) atoms. The highest BCUT2D eigenvalue weighted by Gasteiger charge is 2.40. The average molecular weight is 862 g/mol. The van der Waals surface area contributed by atoms with Crippen molar-refractivity contribution in [2.24, 2.45) is 0 Å². The summed E-state index contributed by atoms with van der Waals surface area (Å²) in [5.74, 6) is 0.665. The lowest BCUT2D eigenvalue weighted by Crippen LogP contribution is -2.43. The third kappa shape index (κ3) is 10.3. The van der Waals surface area contributed by atoms with E-state index in [1.165, 1.54) is 6.07 Å². The maximum atomic E-state index is 13.4. The second kappa shape index (κ2) is 19.2. The number of fused-ring (bicyclic) bond motifs is 2. The van der Waals surface area contributed by atoms with Gasteiger partial charge in [0.15, 0.2) is 8.32 Å². The number of ether oxygens (including phenoxy) is 3. The molecule has 0 aliphatic carbocycles. The van der Waals surface area contributed by atoms with Crippen LogP contribution in [0.15, 0.2) is 95.8 Å². The number of anilines is 2. The Bertz CT molecular complexity index is 2430. The zero-order chi connectivity index (χ0) is 44.0. The molecule has 4 N–H and O–H groups in total. The molecule has 13 nitrogen and oxygen atoms in total. The Morgan fingerprint density at radius 1 is 0.952 bits per heavy atom. The fourth-order valence-electron chi connectivity index (χ4n) is 7.96. The summed E-state index contributed by atoms with van der Waals surface area (Å²) < 4.78 is 24.4. The molecule has 0 radical (unpaired) electrons. The van der Waals surface area contributed by atoms with Crippen LogP contribution in [0.2, 0.25) is 18.1 Å². The van der Waals surface area contributed by atoms with E-state index in [1.54, 1.807) is 24.1 Å². The lowest BCUT2D eigenvalue weighted by molar-refractivity contribution is 0.0511. The highest BCUT2D eigenvalue weighted by Crippen LogP contribution is 2.41. The summed E-state index contributed by atoms with van der Waals surface area (Å²) in [6.07, 6.45) is 0.655. The number of hydrogen-bond donors (Lipinski definition) is 4. The molecule has 3 heterocycles. The van der Waals surface area contributed by atoms with E-state index >= 15 is 0 Å². The summed E-state index contributed by atoms with van der Waals surface area (Å²) in [5, 5.41) is 17.8. The maximum Gasteiger partial charge on any atom is 0.414 e. The number of phenolic OH excluding ortho intramolecular Hbond substituents is 1. The largest absolute Gasteiger partial charge is 0.506 e. The first-order valence-corrected chi connectivity index (χ1v) is 24.3. The normalized spacial score (nSPS) is 15.3. The molecule has 2 amide bonds. The van der Waals surface area contributed by atoms with Gasteiger partial charge in [0.25, 0.3) is 0 Å². The monoisotopic (exact) mass is 861 g/mol. The summed E-state index contributed by atoms with van der Waals surface area (Å²) in [6.45, 7) is 14.8. The third-order valence-electron chi connectivity index (χ3n) is 12.4. The van der Waals surface area contributed by atoms with Crippen LogP contribution in [0.25, 0.3) is 22.0 Å². The predicted molar refractivity (Wildman–Crippen MR) is 246 cm³/mol. The van der Waals surface area contributed by atoms with E-state index in [2.05, 4.69) is 60.4 Å². The van der Waals surface area contributed by atoms with Crippen molar-refractivity contribution < 1.29 is 33.3 Å². The first-order chi connectivity index (χ1) is 29.7. The zero-order valence-corrected chi connectivity index (χ0v) is 37.6. The number of pyridine rings is 1. The fraction of sp³-hybridized carbons (Fsp3) is 0.396. The van der Waals surface area contributed by atoms with Crippen molar-refractivity contribution in [3.63, 3.8) is 0 Å². The molecule has 1 aromatic heterocycles. The van der Waals surface area contributed by atoms with Gasteiger partial charge in [-0.3, -0.25) is 19.9 Å². The number of carbonyl (C=O) groups is 2. The lowest BCUT2D eigenvalue weighted by Gasteiger charge is -2.39. The number of nitrogens with one attached hydrogen (secondary N) is 3. The molecule has 0 spiro atoms. The van der Waals surface area contributed by atoms with E-state index in [9.17, 15) is 19.5 Å². The van der Waals surface area contributed by atoms with Crippen molar-refractivity contribution in [1.82, 2.24) is 15.2 Å². The number of benzene rings is 4. The van der Waals surface area contributed by atoms with Gasteiger partial charge in [0, 0.05) is 67.9 Å². The van der Waals surface area contributed by atoms with Crippen molar-refractivity contribution in [3.8, 4) is 22.6 Å². The Morgan fingerprint density at radius 2 is 1.69 bits per heavy atom. The van der Waals surface area contributed by atoms with Crippen LogP contribution in [0.5, 0.6) is 11.5 Å². The van der Waals surface area contributed by atoms with Crippen LogP contribution in [0.3, 0.4) is 0 Å². The number of piperidine rings is 1. The number of aromatic nitrogens is 1. The summed E-state index contributed by atoms with van der Waals surface area (Å²) in [4.78, 5) is 45.1. The number of amides is 2. The van der Waals surface area contributed by atoms with E-state index in [4.69, 9.17) is 18.6 Å². The highest BCUT2D eigenvalue weighted by molar-refractivity contribution is 6.74. The van der Waals surface area contributed by atoms with Crippen LogP contribution in [0, 0.1) is 0 Å². The Hall–Kier alpha value is -5.67. The van der Waals surface area contributed by atoms with E-state index in [-0.39, 0.29) is 35.2 Å². The fourth-order valence-corrected chi connectivity index (χ4v) is 9.23. The number of H-pyrrole nitrogens is 1. The molecule has 7 rings (SSSR count). The Kier molecular flexibility index (Phi) is 13.7. The van der Waals surface area contributed by atoms with Gasteiger partial charge in [0.1, 0.15) is 24.2 Å².